The summed E-state index contributed by atoms with van der Waals surface area (Å²) in [5, 5.41) is 11.8. The molecule has 0 aliphatic carbocycles. The lowest BCUT2D eigenvalue weighted by atomic mass is 10.1. The van der Waals surface area contributed by atoms with Crippen molar-refractivity contribution in [3.8, 4) is 17.0 Å². The highest BCUT2D eigenvalue weighted by Gasteiger charge is 2.51. The van der Waals surface area contributed by atoms with Crippen LogP contribution in [0.3, 0.4) is 0 Å². The number of alkyl halides is 2. The fraction of sp³-hybridized carbons (Fsp3) is 0.120. The fourth-order valence-corrected chi connectivity index (χ4v) is 6.06. The van der Waals surface area contributed by atoms with Crippen LogP contribution in [0.25, 0.3) is 11.3 Å². The highest BCUT2D eigenvalue weighted by atomic mass is 79.9. The molecule has 0 bridgehead atoms. The number of halogens is 5. The maximum Gasteiger partial charge on any atom is 0.399 e. The molecule has 15 heteroatoms. The number of aliphatic carboxylic acids is 1. The lowest BCUT2D eigenvalue weighted by Crippen LogP contribution is -2.18. The van der Waals surface area contributed by atoms with Crippen LogP contribution in [0.5, 0.6) is 5.75 Å². The van der Waals surface area contributed by atoms with Crippen LogP contribution in [0.1, 0.15) is 11.1 Å². The zero-order valence-corrected chi connectivity index (χ0v) is 24.8. The van der Waals surface area contributed by atoms with Crippen LogP contribution in [-0.4, -0.2) is 32.5 Å². The number of benzene rings is 3. The van der Waals surface area contributed by atoms with Gasteiger partial charge in [0.1, 0.15) is 5.75 Å². The molecule has 0 fully saturated rings. The lowest BCUT2D eigenvalue weighted by Gasteiger charge is -2.24. The average molecular weight is 694 g/mol. The summed E-state index contributed by atoms with van der Waals surface area (Å²) in [5.74, 6) is -0.753. The maximum absolute atomic E-state index is 14.3. The molecule has 4 rings (SSSR count). The van der Waals surface area contributed by atoms with Crippen LogP contribution in [0.15, 0.2) is 70.5 Å². The summed E-state index contributed by atoms with van der Waals surface area (Å²) >= 11 is 16.7. The van der Waals surface area contributed by atoms with Gasteiger partial charge in [0.25, 0.3) is 0 Å². The molecule has 1 aromatic heterocycles. The van der Waals surface area contributed by atoms with Crippen LogP contribution in [0, 0.1) is 0 Å². The predicted octanol–water partition coefficient (Wildman–Crippen LogP) is 7.91. The summed E-state index contributed by atoms with van der Waals surface area (Å²) in [7, 11) is -5.75. The van der Waals surface area contributed by atoms with Gasteiger partial charge < -0.3 is 24.5 Å². The number of hydrogen-bond acceptors (Lipinski definition) is 6. The molecule has 0 amide bonds. The smallest absolute Gasteiger partial charge is 0.399 e. The molecular weight excluding hydrogens is 676 g/mol. The number of nitrogens with zero attached hydrogens (tertiary/aromatic N) is 2. The first-order chi connectivity index (χ1) is 18.8. The van der Waals surface area contributed by atoms with Crippen LogP contribution in [0.2, 0.25) is 10.0 Å². The van der Waals surface area contributed by atoms with Crippen molar-refractivity contribution >= 4 is 74.9 Å². The van der Waals surface area contributed by atoms with E-state index in [1.165, 1.54) is 23.5 Å². The Hall–Kier alpha value is -2.57. The first-order valence-corrected chi connectivity index (χ1v) is 15.2. The fourth-order valence-electron chi connectivity index (χ4n) is 3.57. The molecule has 0 spiro atoms. The largest absolute Gasteiger partial charge is 0.482 e. The second-order valence-electron chi connectivity index (χ2n) is 8.31. The Morgan fingerprint density at radius 3 is 2.50 bits per heavy atom. The average Bonchev–Trinajstić information content (AvgIpc) is 3.37. The Balaban J connectivity index is 1.70. The van der Waals surface area contributed by atoms with Gasteiger partial charge in [0.15, 0.2) is 11.7 Å². The first kappa shape index (κ1) is 30.4. The summed E-state index contributed by atoms with van der Waals surface area (Å²) in [6, 6.07) is 15.3. The van der Waals surface area contributed by atoms with Crippen LogP contribution in [-0.2, 0) is 21.6 Å². The van der Waals surface area contributed by atoms with Crippen LogP contribution >= 0.6 is 58.1 Å². The number of carboxylic acids is 1. The topological polar surface area (TPSA) is 120 Å². The predicted molar refractivity (Wildman–Crippen MR) is 153 cm³/mol. The number of anilines is 2. The lowest BCUT2D eigenvalue weighted by molar-refractivity contribution is -0.139. The molecule has 0 aliphatic rings. The van der Waals surface area contributed by atoms with Crippen molar-refractivity contribution in [3.05, 3.63) is 91.7 Å². The van der Waals surface area contributed by atoms with E-state index in [4.69, 9.17) is 47.8 Å². The number of thiazole rings is 1. The number of carbonyl (C=O) groups is 1. The van der Waals surface area contributed by atoms with Gasteiger partial charge >= 0.3 is 19.2 Å². The molecule has 0 aliphatic heterocycles. The molecule has 210 valence electrons. The minimum absolute atomic E-state index is 0.118. The number of hydrogen-bond donors (Lipinski definition) is 3. The minimum Gasteiger partial charge on any atom is -0.482 e. The SMILES string of the molecule is O=C(O)COc1cccc(-c2csc(N(Cc3ccc(C(F)(F)P(=O)(O)O)c(Br)c3)c3ccc(Cl)c(Cl)c3)n2)c1. The van der Waals surface area contributed by atoms with Gasteiger partial charge in [-0.3, -0.25) is 4.57 Å². The zero-order valence-electron chi connectivity index (χ0n) is 20.0. The molecule has 3 N–H and O–H groups in total. The van der Waals surface area contributed by atoms with Crippen molar-refractivity contribution in [2.75, 3.05) is 11.5 Å². The molecule has 40 heavy (non-hydrogen) atoms. The van der Waals surface area contributed by atoms with E-state index in [-0.39, 0.29) is 16.0 Å². The summed E-state index contributed by atoms with van der Waals surface area (Å²) in [6.45, 7) is -0.377. The second kappa shape index (κ2) is 12.1. The molecule has 0 saturated carbocycles. The minimum atomic E-state index is -5.75. The number of carboxylic acid groups (broad SMARTS) is 1. The summed E-state index contributed by atoms with van der Waals surface area (Å²) in [6.07, 6.45) is 0. The molecule has 4 aromatic rings. The zero-order chi connectivity index (χ0) is 29.2. The standard InChI is InChI=1S/C25H18BrCl2F2N2O6PS/c26-19-8-14(4-6-18(19)25(29,30)39(35,36)37)11-32(16-5-7-20(27)21(28)10-16)24-31-22(13-40-24)15-2-1-3-17(9-15)38-12-23(33)34/h1-10,13H,11-12H2,(H,33,34)(H2,35,36,37). The molecule has 3 aromatic carbocycles. The van der Waals surface area contributed by atoms with Crippen LogP contribution < -0.4 is 9.64 Å². The molecular formula is C25H18BrCl2F2N2O6PS. The van der Waals surface area contributed by atoms with Gasteiger partial charge in [0.2, 0.25) is 0 Å². The van der Waals surface area contributed by atoms with Gasteiger partial charge in [-0.2, -0.15) is 8.78 Å². The van der Waals surface area contributed by atoms with Gasteiger partial charge in [-0.1, -0.05) is 63.4 Å². The summed E-state index contributed by atoms with van der Waals surface area (Å²) in [4.78, 5) is 35.6. The van der Waals surface area contributed by atoms with E-state index in [0.29, 0.717) is 38.4 Å². The Bertz CT molecular complexity index is 1620. The molecule has 0 saturated heterocycles. The Morgan fingerprint density at radius 1 is 1.10 bits per heavy atom. The highest BCUT2D eigenvalue weighted by molar-refractivity contribution is 9.10. The van der Waals surface area contributed by atoms with Crippen molar-refractivity contribution in [3.63, 3.8) is 0 Å². The molecule has 0 radical (unpaired) electrons. The third-order valence-electron chi connectivity index (χ3n) is 5.49. The monoisotopic (exact) mass is 692 g/mol. The third-order valence-corrected chi connectivity index (χ3v) is 8.73. The van der Waals surface area contributed by atoms with Crippen molar-refractivity contribution in [2.45, 2.75) is 12.2 Å². The normalized spacial score (nSPS) is 11.9. The maximum atomic E-state index is 14.3. The number of aromatic nitrogens is 1. The van der Waals surface area contributed by atoms with E-state index in [2.05, 4.69) is 15.9 Å². The van der Waals surface area contributed by atoms with E-state index in [1.54, 1.807) is 52.7 Å². The molecule has 0 atom stereocenters. The van der Waals surface area contributed by atoms with E-state index in [9.17, 15) is 18.1 Å². The van der Waals surface area contributed by atoms with Gasteiger partial charge in [0.05, 0.1) is 22.3 Å². The molecule has 8 nitrogen and oxygen atoms in total. The van der Waals surface area contributed by atoms with E-state index < -0.39 is 31.4 Å². The summed E-state index contributed by atoms with van der Waals surface area (Å²) < 4.78 is 45.1. The highest BCUT2D eigenvalue weighted by Crippen LogP contribution is 2.60. The molecule has 1 heterocycles. The van der Waals surface area contributed by atoms with Crippen LogP contribution in [0.4, 0.5) is 19.6 Å². The number of ether oxygens (including phenoxy) is 1. The van der Waals surface area contributed by atoms with Crippen molar-refractivity contribution in [2.24, 2.45) is 0 Å². The van der Waals surface area contributed by atoms with Crippen molar-refractivity contribution < 1.29 is 37.8 Å². The quantitative estimate of drug-likeness (QED) is 0.143. The number of rotatable bonds is 10. The van der Waals surface area contributed by atoms with Gasteiger partial charge in [-0.05, 0) is 42.0 Å². The Morgan fingerprint density at radius 2 is 1.85 bits per heavy atom. The van der Waals surface area contributed by atoms with Gasteiger partial charge in [-0.15, -0.1) is 11.3 Å². The van der Waals surface area contributed by atoms with Crippen molar-refractivity contribution in [1.29, 1.82) is 0 Å². The molecule has 0 unspecified atom stereocenters. The van der Waals surface area contributed by atoms with E-state index in [0.717, 1.165) is 6.07 Å². The Labute approximate surface area is 249 Å². The second-order valence-corrected chi connectivity index (χ2v) is 12.5. The van der Waals surface area contributed by atoms with E-state index in [1.807, 2.05) is 0 Å². The first-order valence-electron chi connectivity index (χ1n) is 11.1. The third kappa shape index (κ3) is 6.83. The van der Waals surface area contributed by atoms with E-state index >= 15 is 0 Å². The van der Waals surface area contributed by atoms with Gasteiger partial charge in [0, 0.05) is 26.7 Å². The van der Waals surface area contributed by atoms with Crippen molar-refractivity contribution in [1.82, 2.24) is 4.98 Å². The Kier molecular flexibility index (Phi) is 9.21. The van der Waals surface area contributed by atoms with Gasteiger partial charge in [-0.25, -0.2) is 9.78 Å². The summed E-state index contributed by atoms with van der Waals surface area (Å²) in [5.41, 5.74) is -2.86.